The average molecular weight is 217 g/mol. The van der Waals surface area contributed by atoms with E-state index >= 15 is 0 Å². The number of imidazole rings is 1. The van der Waals surface area contributed by atoms with Gasteiger partial charge in [0.25, 0.3) is 0 Å². The van der Waals surface area contributed by atoms with Crippen molar-refractivity contribution in [1.82, 2.24) is 9.38 Å². The molecule has 3 heteroatoms. The summed E-state index contributed by atoms with van der Waals surface area (Å²) in [6.07, 6.45) is 6.14. The van der Waals surface area contributed by atoms with Gasteiger partial charge in [0.1, 0.15) is 11.5 Å². The van der Waals surface area contributed by atoms with Crippen LogP contribution in [0.4, 0.5) is 5.82 Å². The van der Waals surface area contributed by atoms with Crippen LogP contribution < -0.4 is 5.32 Å². The number of aromatic nitrogens is 2. The van der Waals surface area contributed by atoms with Gasteiger partial charge in [-0.15, -0.1) is 0 Å². The van der Waals surface area contributed by atoms with Crippen molar-refractivity contribution in [2.75, 3.05) is 5.32 Å². The highest BCUT2D eigenvalue weighted by Gasteiger charge is 2.16. The monoisotopic (exact) mass is 217 g/mol. The SMILES string of the molecule is CCCC(C)(C)Nc1cccc2nccn12. The van der Waals surface area contributed by atoms with Crippen molar-refractivity contribution in [2.24, 2.45) is 0 Å². The van der Waals surface area contributed by atoms with E-state index in [0.29, 0.717) is 0 Å². The second-order valence-electron chi connectivity index (χ2n) is 4.83. The average Bonchev–Trinajstić information content (AvgIpc) is 2.65. The van der Waals surface area contributed by atoms with E-state index in [1.807, 2.05) is 24.5 Å². The fraction of sp³-hybridized carbons (Fsp3) is 0.462. The Labute approximate surface area is 96.5 Å². The van der Waals surface area contributed by atoms with Crippen LogP contribution in [0.3, 0.4) is 0 Å². The number of nitrogens with one attached hydrogen (secondary N) is 1. The van der Waals surface area contributed by atoms with Crippen molar-refractivity contribution in [3.8, 4) is 0 Å². The van der Waals surface area contributed by atoms with Crippen LogP contribution in [-0.2, 0) is 0 Å². The lowest BCUT2D eigenvalue weighted by molar-refractivity contribution is 0.508. The maximum absolute atomic E-state index is 4.28. The van der Waals surface area contributed by atoms with Gasteiger partial charge in [-0.05, 0) is 32.4 Å². The van der Waals surface area contributed by atoms with E-state index in [2.05, 4.69) is 41.5 Å². The van der Waals surface area contributed by atoms with Crippen molar-refractivity contribution < 1.29 is 0 Å². The van der Waals surface area contributed by atoms with Crippen molar-refractivity contribution >= 4 is 11.5 Å². The van der Waals surface area contributed by atoms with Crippen LogP contribution in [0.15, 0.2) is 30.6 Å². The van der Waals surface area contributed by atoms with Crippen LogP contribution in [-0.4, -0.2) is 14.9 Å². The van der Waals surface area contributed by atoms with E-state index in [-0.39, 0.29) is 5.54 Å². The molecule has 0 spiro atoms. The molecule has 0 radical (unpaired) electrons. The van der Waals surface area contributed by atoms with Crippen LogP contribution in [0.2, 0.25) is 0 Å². The number of hydrogen-bond acceptors (Lipinski definition) is 2. The summed E-state index contributed by atoms with van der Waals surface area (Å²) in [4.78, 5) is 4.28. The molecule has 0 aliphatic carbocycles. The van der Waals surface area contributed by atoms with Gasteiger partial charge in [0.2, 0.25) is 0 Å². The Kier molecular flexibility index (Phi) is 2.86. The van der Waals surface area contributed by atoms with Crippen LogP contribution in [0.5, 0.6) is 0 Å². The Hall–Kier alpha value is -1.51. The molecule has 86 valence electrons. The second kappa shape index (κ2) is 4.16. The lowest BCUT2D eigenvalue weighted by Gasteiger charge is -2.27. The molecule has 0 amide bonds. The first-order valence-corrected chi connectivity index (χ1v) is 5.83. The molecule has 16 heavy (non-hydrogen) atoms. The molecule has 3 nitrogen and oxygen atoms in total. The number of anilines is 1. The van der Waals surface area contributed by atoms with Crippen LogP contribution in [0.1, 0.15) is 33.6 Å². The van der Waals surface area contributed by atoms with E-state index in [4.69, 9.17) is 0 Å². The Morgan fingerprint density at radius 3 is 2.94 bits per heavy atom. The summed E-state index contributed by atoms with van der Waals surface area (Å²) < 4.78 is 2.08. The quantitative estimate of drug-likeness (QED) is 0.851. The number of nitrogens with zero attached hydrogens (tertiary/aromatic N) is 2. The topological polar surface area (TPSA) is 29.3 Å². The van der Waals surface area contributed by atoms with Gasteiger partial charge in [0.15, 0.2) is 0 Å². The number of pyridine rings is 1. The first kappa shape index (κ1) is 11.0. The van der Waals surface area contributed by atoms with Gasteiger partial charge in [-0.1, -0.05) is 19.4 Å². The molecule has 0 saturated heterocycles. The van der Waals surface area contributed by atoms with Crippen molar-refractivity contribution in [1.29, 1.82) is 0 Å². The molecule has 0 fully saturated rings. The van der Waals surface area contributed by atoms with Gasteiger partial charge in [0.05, 0.1) is 0 Å². The summed E-state index contributed by atoms with van der Waals surface area (Å²) in [5, 5.41) is 3.57. The highest BCUT2D eigenvalue weighted by Crippen LogP contribution is 2.20. The lowest BCUT2D eigenvalue weighted by atomic mass is 9.99. The van der Waals surface area contributed by atoms with Gasteiger partial charge >= 0.3 is 0 Å². The Balaban J connectivity index is 2.30. The van der Waals surface area contributed by atoms with Gasteiger partial charge in [-0.2, -0.15) is 0 Å². The fourth-order valence-electron chi connectivity index (χ4n) is 2.08. The Bertz CT molecular complexity index is 471. The van der Waals surface area contributed by atoms with Gasteiger partial charge in [-0.3, -0.25) is 4.40 Å². The molecule has 0 aromatic carbocycles. The third-order valence-corrected chi connectivity index (χ3v) is 2.77. The molecular weight excluding hydrogens is 198 g/mol. The summed E-state index contributed by atoms with van der Waals surface area (Å²) in [5.74, 6) is 1.11. The minimum Gasteiger partial charge on any atom is -0.366 e. The molecule has 0 unspecified atom stereocenters. The molecule has 0 saturated carbocycles. The van der Waals surface area contributed by atoms with Gasteiger partial charge < -0.3 is 5.32 Å². The van der Waals surface area contributed by atoms with E-state index in [0.717, 1.165) is 17.9 Å². The summed E-state index contributed by atoms with van der Waals surface area (Å²) in [6.45, 7) is 6.67. The third-order valence-electron chi connectivity index (χ3n) is 2.77. The maximum atomic E-state index is 4.28. The zero-order chi connectivity index (χ0) is 11.6. The molecule has 2 aromatic heterocycles. The minimum atomic E-state index is 0.118. The molecular formula is C13H19N3. The lowest BCUT2D eigenvalue weighted by Crippen LogP contribution is -2.31. The minimum absolute atomic E-state index is 0.118. The van der Waals surface area contributed by atoms with Crippen molar-refractivity contribution in [2.45, 2.75) is 39.2 Å². The molecule has 0 aliphatic heterocycles. The zero-order valence-corrected chi connectivity index (χ0v) is 10.2. The third kappa shape index (κ3) is 2.18. The molecule has 2 heterocycles. The van der Waals surface area contributed by atoms with Crippen molar-refractivity contribution in [3.63, 3.8) is 0 Å². The molecule has 1 N–H and O–H groups in total. The van der Waals surface area contributed by atoms with E-state index in [9.17, 15) is 0 Å². The van der Waals surface area contributed by atoms with Gasteiger partial charge in [0, 0.05) is 17.9 Å². The van der Waals surface area contributed by atoms with E-state index in [1.54, 1.807) is 0 Å². The van der Waals surface area contributed by atoms with Crippen molar-refractivity contribution in [3.05, 3.63) is 30.6 Å². The maximum Gasteiger partial charge on any atom is 0.138 e. The standard InChI is InChI=1S/C13H19N3/c1-4-8-13(2,3)15-12-7-5-6-11-14-9-10-16(11)12/h5-7,9-10,15H,4,8H2,1-3H3. The van der Waals surface area contributed by atoms with E-state index < -0.39 is 0 Å². The first-order valence-electron chi connectivity index (χ1n) is 5.83. The molecule has 0 atom stereocenters. The molecule has 2 rings (SSSR count). The first-order chi connectivity index (χ1) is 7.62. The molecule has 0 aliphatic rings. The normalized spacial score (nSPS) is 11.9. The number of hydrogen-bond donors (Lipinski definition) is 1. The summed E-state index contributed by atoms with van der Waals surface area (Å²) in [7, 11) is 0. The van der Waals surface area contributed by atoms with E-state index in [1.165, 1.54) is 6.42 Å². The highest BCUT2D eigenvalue weighted by atomic mass is 15.1. The highest BCUT2D eigenvalue weighted by molar-refractivity contribution is 5.50. The predicted octanol–water partition coefficient (Wildman–Crippen LogP) is 3.32. The Morgan fingerprint density at radius 2 is 2.19 bits per heavy atom. The smallest absolute Gasteiger partial charge is 0.138 e. The van der Waals surface area contributed by atoms with Crippen LogP contribution in [0, 0.1) is 0 Å². The predicted molar refractivity (Wildman–Crippen MR) is 67.8 cm³/mol. The summed E-state index contributed by atoms with van der Waals surface area (Å²) in [5.41, 5.74) is 1.10. The number of rotatable bonds is 4. The fourth-order valence-corrected chi connectivity index (χ4v) is 2.08. The summed E-state index contributed by atoms with van der Waals surface area (Å²) >= 11 is 0. The molecule has 2 aromatic rings. The second-order valence-corrected chi connectivity index (χ2v) is 4.83. The summed E-state index contributed by atoms with van der Waals surface area (Å²) in [6, 6.07) is 6.14. The Morgan fingerprint density at radius 1 is 1.38 bits per heavy atom. The van der Waals surface area contributed by atoms with Crippen LogP contribution >= 0.6 is 0 Å². The van der Waals surface area contributed by atoms with Gasteiger partial charge in [-0.25, -0.2) is 4.98 Å². The largest absolute Gasteiger partial charge is 0.366 e. The number of fused-ring (bicyclic) bond motifs is 1. The zero-order valence-electron chi connectivity index (χ0n) is 10.2. The molecule has 0 bridgehead atoms. The van der Waals surface area contributed by atoms with Crippen LogP contribution in [0.25, 0.3) is 5.65 Å².